The molecule has 1 aromatic heterocycles. The van der Waals surface area contributed by atoms with E-state index in [0.717, 1.165) is 16.5 Å². The van der Waals surface area contributed by atoms with Crippen LogP contribution >= 0.6 is 0 Å². The second kappa shape index (κ2) is 7.83. The van der Waals surface area contributed by atoms with Gasteiger partial charge in [0.2, 0.25) is 0 Å². The topological polar surface area (TPSA) is 65.5 Å². The quantitative estimate of drug-likeness (QED) is 0.503. The highest BCUT2D eigenvalue weighted by atomic mass is 16.5. The Balaban J connectivity index is 1.99. The first-order chi connectivity index (χ1) is 12.9. The SMILES string of the molecule is CC(=O)Oc1c(C)cccc1C=Cc1ccc2cccc(OC(C)=O)c2n1. The van der Waals surface area contributed by atoms with Crippen LogP contribution < -0.4 is 9.47 Å². The Hall–Kier alpha value is -3.47. The van der Waals surface area contributed by atoms with Gasteiger partial charge in [0.25, 0.3) is 0 Å². The number of fused-ring (bicyclic) bond motifs is 1. The highest BCUT2D eigenvalue weighted by Gasteiger charge is 2.08. The molecule has 3 rings (SSSR count). The first-order valence-electron chi connectivity index (χ1n) is 8.48. The van der Waals surface area contributed by atoms with Crippen LogP contribution in [0.4, 0.5) is 0 Å². The molecule has 0 spiro atoms. The second-order valence-electron chi connectivity index (χ2n) is 6.08. The van der Waals surface area contributed by atoms with E-state index in [2.05, 4.69) is 4.98 Å². The van der Waals surface area contributed by atoms with Crippen LogP contribution in [0.15, 0.2) is 48.5 Å². The zero-order valence-corrected chi connectivity index (χ0v) is 15.4. The van der Waals surface area contributed by atoms with Gasteiger partial charge in [-0.1, -0.05) is 36.4 Å². The van der Waals surface area contributed by atoms with Crippen molar-refractivity contribution in [3.63, 3.8) is 0 Å². The Bertz CT molecular complexity index is 1050. The molecule has 27 heavy (non-hydrogen) atoms. The van der Waals surface area contributed by atoms with Crippen molar-refractivity contribution in [1.82, 2.24) is 4.98 Å². The molecule has 5 nitrogen and oxygen atoms in total. The molecule has 136 valence electrons. The van der Waals surface area contributed by atoms with Crippen LogP contribution in [0.25, 0.3) is 23.1 Å². The summed E-state index contributed by atoms with van der Waals surface area (Å²) >= 11 is 0. The summed E-state index contributed by atoms with van der Waals surface area (Å²) in [6, 6.07) is 14.9. The van der Waals surface area contributed by atoms with Gasteiger partial charge >= 0.3 is 11.9 Å². The average molecular weight is 361 g/mol. The largest absolute Gasteiger partial charge is 0.426 e. The molecule has 2 aromatic carbocycles. The number of hydrogen-bond donors (Lipinski definition) is 0. The van der Waals surface area contributed by atoms with Crippen molar-refractivity contribution < 1.29 is 19.1 Å². The Morgan fingerprint density at radius 3 is 2.37 bits per heavy atom. The molecule has 0 bridgehead atoms. The number of ether oxygens (including phenoxy) is 2. The van der Waals surface area contributed by atoms with Crippen molar-refractivity contribution in [3.05, 3.63) is 65.4 Å². The van der Waals surface area contributed by atoms with Crippen molar-refractivity contribution in [1.29, 1.82) is 0 Å². The smallest absolute Gasteiger partial charge is 0.308 e. The summed E-state index contributed by atoms with van der Waals surface area (Å²) in [6.07, 6.45) is 3.67. The summed E-state index contributed by atoms with van der Waals surface area (Å²) in [6.45, 7) is 4.62. The molecule has 0 amide bonds. The zero-order valence-electron chi connectivity index (χ0n) is 15.4. The van der Waals surface area contributed by atoms with Gasteiger partial charge in [-0.15, -0.1) is 0 Å². The van der Waals surface area contributed by atoms with Crippen LogP contribution in [0, 0.1) is 6.92 Å². The van der Waals surface area contributed by atoms with Crippen molar-refractivity contribution in [2.24, 2.45) is 0 Å². The lowest BCUT2D eigenvalue weighted by Gasteiger charge is -2.09. The van der Waals surface area contributed by atoms with E-state index < -0.39 is 5.97 Å². The molecule has 0 aliphatic heterocycles. The third-order valence-corrected chi connectivity index (χ3v) is 3.88. The zero-order chi connectivity index (χ0) is 19.4. The minimum atomic E-state index is -0.393. The number of aryl methyl sites for hydroxylation is 1. The molecule has 0 radical (unpaired) electrons. The molecule has 0 fully saturated rings. The van der Waals surface area contributed by atoms with Crippen molar-refractivity contribution in [3.8, 4) is 11.5 Å². The molecular weight excluding hydrogens is 342 g/mol. The van der Waals surface area contributed by atoms with Crippen molar-refractivity contribution >= 4 is 35.0 Å². The first-order valence-corrected chi connectivity index (χ1v) is 8.48. The van der Waals surface area contributed by atoms with Crippen molar-refractivity contribution in [2.45, 2.75) is 20.8 Å². The number of esters is 2. The van der Waals surface area contributed by atoms with Gasteiger partial charge in [-0.3, -0.25) is 9.59 Å². The summed E-state index contributed by atoms with van der Waals surface area (Å²) < 4.78 is 10.6. The minimum Gasteiger partial charge on any atom is -0.426 e. The van der Waals surface area contributed by atoms with E-state index in [1.807, 2.05) is 61.5 Å². The molecule has 5 heteroatoms. The summed E-state index contributed by atoms with van der Waals surface area (Å²) in [5.74, 6) is 0.193. The van der Waals surface area contributed by atoms with Crippen molar-refractivity contribution in [2.75, 3.05) is 0 Å². The lowest BCUT2D eigenvalue weighted by atomic mass is 10.1. The molecule has 0 saturated carbocycles. The molecule has 0 N–H and O–H groups in total. The van der Waals surface area contributed by atoms with Crippen LogP contribution in [-0.2, 0) is 9.59 Å². The molecule has 0 aliphatic rings. The second-order valence-corrected chi connectivity index (χ2v) is 6.08. The lowest BCUT2D eigenvalue weighted by molar-refractivity contribution is -0.132. The Morgan fingerprint density at radius 1 is 0.889 bits per heavy atom. The van der Waals surface area contributed by atoms with E-state index in [1.165, 1.54) is 13.8 Å². The summed E-state index contributed by atoms with van der Waals surface area (Å²) in [7, 11) is 0. The summed E-state index contributed by atoms with van der Waals surface area (Å²) in [5, 5.41) is 0.877. The fourth-order valence-corrected chi connectivity index (χ4v) is 2.73. The van der Waals surface area contributed by atoms with E-state index in [9.17, 15) is 9.59 Å². The van der Waals surface area contributed by atoms with Gasteiger partial charge in [0, 0.05) is 24.8 Å². The fraction of sp³-hybridized carbons (Fsp3) is 0.136. The van der Waals surface area contributed by atoms with E-state index in [4.69, 9.17) is 9.47 Å². The van der Waals surface area contributed by atoms with Crippen LogP contribution in [0.1, 0.15) is 30.7 Å². The van der Waals surface area contributed by atoms with Crippen LogP contribution in [-0.4, -0.2) is 16.9 Å². The summed E-state index contributed by atoms with van der Waals surface area (Å²) in [4.78, 5) is 27.3. The van der Waals surface area contributed by atoms with E-state index in [1.54, 1.807) is 6.07 Å². The number of nitrogens with zero attached hydrogens (tertiary/aromatic N) is 1. The number of carbonyl (C=O) groups is 2. The highest BCUT2D eigenvalue weighted by molar-refractivity contribution is 5.88. The molecule has 3 aromatic rings. The fourth-order valence-electron chi connectivity index (χ4n) is 2.73. The monoisotopic (exact) mass is 361 g/mol. The van der Waals surface area contributed by atoms with Gasteiger partial charge in [-0.2, -0.15) is 0 Å². The first kappa shape index (κ1) is 18.3. The number of hydrogen-bond acceptors (Lipinski definition) is 5. The van der Waals surface area contributed by atoms with E-state index in [0.29, 0.717) is 22.7 Å². The van der Waals surface area contributed by atoms with Gasteiger partial charge in [0.1, 0.15) is 11.3 Å². The van der Waals surface area contributed by atoms with E-state index >= 15 is 0 Å². The molecule has 0 aliphatic carbocycles. The maximum Gasteiger partial charge on any atom is 0.308 e. The number of aromatic nitrogens is 1. The predicted octanol–water partition coefficient (Wildman–Crippen LogP) is 4.56. The third kappa shape index (κ3) is 4.39. The molecule has 0 unspecified atom stereocenters. The molecular formula is C22H19NO4. The Kier molecular flexibility index (Phi) is 5.31. The average Bonchev–Trinajstić information content (AvgIpc) is 2.62. The lowest BCUT2D eigenvalue weighted by Crippen LogP contribution is -2.04. The number of para-hydroxylation sites is 2. The van der Waals surface area contributed by atoms with Crippen LogP contribution in [0.3, 0.4) is 0 Å². The standard InChI is InChI=1S/C22H19NO4/c1-14-6-4-8-18(22(14)27-16(3)25)11-13-19-12-10-17-7-5-9-20(21(17)23-19)26-15(2)24/h4-13H,1-3H3. The van der Waals surface area contributed by atoms with Gasteiger partial charge in [0.15, 0.2) is 5.75 Å². The summed E-state index contributed by atoms with van der Waals surface area (Å²) in [5.41, 5.74) is 2.95. The number of benzene rings is 2. The number of carbonyl (C=O) groups excluding carboxylic acids is 2. The maximum atomic E-state index is 11.4. The van der Waals surface area contributed by atoms with Crippen LogP contribution in [0.2, 0.25) is 0 Å². The normalized spacial score (nSPS) is 10.9. The Morgan fingerprint density at radius 2 is 1.63 bits per heavy atom. The molecule has 0 atom stereocenters. The maximum absolute atomic E-state index is 11.4. The number of pyridine rings is 1. The molecule has 0 saturated heterocycles. The van der Waals surface area contributed by atoms with Crippen LogP contribution in [0.5, 0.6) is 11.5 Å². The third-order valence-electron chi connectivity index (χ3n) is 3.88. The predicted molar refractivity (Wildman–Crippen MR) is 104 cm³/mol. The van der Waals surface area contributed by atoms with Gasteiger partial charge in [-0.05, 0) is 36.8 Å². The molecule has 1 heterocycles. The Labute approximate surface area is 157 Å². The van der Waals surface area contributed by atoms with Gasteiger partial charge in [-0.25, -0.2) is 4.98 Å². The highest BCUT2D eigenvalue weighted by Crippen LogP contribution is 2.27. The number of rotatable bonds is 4. The van der Waals surface area contributed by atoms with Gasteiger partial charge < -0.3 is 9.47 Å². The van der Waals surface area contributed by atoms with Gasteiger partial charge in [0.05, 0.1) is 5.69 Å². The van der Waals surface area contributed by atoms with E-state index in [-0.39, 0.29) is 5.97 Å². The minimum absolute atomic E-state index is 0.367.